The van der Waals surface area contributed by atoms with E-state index in [1.54, 1.807) is 49.7 Å². The maximum absolute atomic E-state index is 13.5. The molecule has 0 amide bonds. The zero-order valence-electron chi connectivity index (χ0n) is 21.4. The number of aryl methyl sites for hydroxylation is 1. The van der Waals surface area contributed by atoms with Gasteiger partial charge in [0, 0.05) is 36.0 Å². The van der Waals surface area contributed by atoms with Crippen molar-refractivity contribution in [3.8, 4) is 17.1 Å². The highest BCUT2D eigenvalue weighted by molar-refractivity contribution is 6.29. The smallest absolute Gasteiger partial charge is 0.320 e. The lowest BCUT2D eigenvalue weighted by molar-refractivity contribution is -0.132. The highest BCUT2D eigenvalue weighted by Gasteiger charge is 2.22. The summed E-state index contributed by atoms with van der Waals surface area (Å²) >= 11 is 6.12. The number of aliphatic imine (C=N–C) groups is 1. The SMILES string of the molecule is CN=C(NOC=O)c1nc(Cl)ccc1OC(C)c1cc(C)cc2c(=O)c(C)c(-c3cnc4ccoc4c3)oc12. The van der Waals surface area contributed by atoms with Gasteiger partial charge in [0.25, 0.3) is 0 Å². The molecule has 0 bridgehead atoms. The number of carbonyl (C=O) groups is 1. The Morgan fingerprint density at radius 3 is 2.79 bits per heavy atom. The summed E-state index contributed by atoms with van der Waals surface area (Å²) in [7, 11) is 1.49. The predicted octanol–water partition coefficient (Wildman–Crippen LogP) is 5.46. The fourth-order valence-corrected chi connectivity index (χ4v) is 4.48. The number of halogens is 1. The second-order valence-corrected chi connectivity index (χ2v) is 9.16. The maximum atomic E-state index is 13.5. The third-order valence-corrected chi connectivity index (χ3v) is 6.38. The highest BCUT2D eigenvalue weighted by Crippen LogP contribution is 2.34. The summed E-state index contributed by atoms with van der Waals surface area (Å²) in [5.41, 5.74) is 6.72. The Morgan fingerprint density at radius 2 is 2.03 bits per heavy atom. The van der Waals surface area contributed by atoms with E-state index in [-0.39, 0.29) is 28.6 Å². The van der Waals surface area contributed by atoms with E-state index < -0.39 is 6.10 Å². The highest BCUT2D eigenvalue weighted by atomic mass is 35.5. The average molecular weight is 547 g/mol. The molecule has 39 heavy (non-hydrogen) atoms. The van der Waals surface area contributed by atoms with Gasteiger partial charge in [0.2, 0.25) is 0 Å². The van der Waals surface area contributed by atoms with Crippen LogP contribution in [0.25, 0.3) is 33.4 Å². The monoisotopic (exact) mass is 546 g/mol. The molecule has 10 nitrogen and oxygen atoms in total. The molecule has 11 heteroatoms. The van der Waals surface area contributed by atoms with Crippen LogP contribution in [0.4, 0.5) is 0 Å². The topological polar surface area (TPSA) is 129 Å². The normalized spacial score (nSPS) is 12.5. The van der Waals surface area contributed by atoms with Gasteiger partial charge in [-0.15, -0.1) is 0 Å². The van der Waals surface area contributed by atoms with E-state index in [1.165, 1.54) is 7.05 Å². The second-order valence-electron chi connectivity index (χ2n) is 8.77. The van der Waals surface area contributed by atoms with Gasteiger partial charge in [0.05, 0.1) is 11.6 Å². The largest absolute Gasteiger partial charge is 0.483 e. The third kappa shape index (κ3) is 4.94. The first-order valence-corrected chi connectivity index (χ1v) is 12.3. The number of hydroxylamine groups is 1. The Hall–Kier alpha value is -4.70. The van der Waals surface area contributed by atoms with Gasteiger partial charge in [0.15, 0.2) is 22.5 Å². The standard InChI is InChI=1S/C28H23ClN4O6/c1-14-9-18(16(3)38-21-5-6-23(29)32-24(21)28(30-4)33-37-13-34)27-19(10-14)25(35)15(2)26(39-27)17-11-22-20(31-12-17)7-8-36-22/h5-13,16H,1-4H3,(H,30,33). The third-order valence-electron chi connectivity index (χ3n) is 6.17. The van der Waals surface area contributed by atoms with Crippen LogP contribution in [-0.4, -0.2) is 29.3 Å². The Labute approximate surface area is 227 Å². The van der Waals surface area contributed by atoms with Gasteiger partial charge in [-0.3, -0.25) is 19.6 Å². The lowest BCUT2D eigenvalue weighted by atomic mass is 10.00. The summed E-state index contributed by atoms with van der Waals surface area (Å²) < 4.78 is 18.2. The summed E-state index contributed by atoms with van der Waals surface area (Å²) in [6.07, 6.45) is 2.59. The Kier molecular flexibility index (Phi) is 7.03. The molecule has 0 saturated carbocycles. The fraction of sp³-hybridized carbons (Fsp3) is 0.179. The molecule has 1 unspecified atom stereocenters. The van der Waals surface area contributed by atoms with Crippen molar-refractivity contribution in [1.29, 1.82) is 0 Å². The van der Waals surface area contributed by atoms with E-state index in [2.05, 4.69) is 25.3 Å². The summed E-state index contributed by atoms with van der Waals surface area (Å²) in [4.78, 5) is 41.6. The van der Waals surface area contributed by atoms with E-state index in [0.29, 0.717) is 50.3 Å². The van der Waals surface area contributed by atoms with Gasteiger partial charge < -0.3 is 18.4 Å². The minimum absolute atomic E-state index is 0.131. The molecule has 0 fully saturated rings. The van der Waals surface area contributed by atoms with Crippen molar-refractivity contribution in [3.05, 3.63) is 86.6 Å². The lowest BCUT2D eigenvalue weighted by Gasteiger charge is -2.20. The number of rotatable bonds is 7. The van der Waals surface area contributed by atoms with E-state index in [9.17, 15) is 9.59 Å². The van der Waals surface area contributed by atoms with Gasteiger partial charge >= 0.3 is 6.47 Å². The Balaban J connectivity index is 1.62. The molecular weight excluding hydrogens is 524 g/mol. The summed E-state index contributed by atoms with van der Waals surface area (Å²) in [5, 5.41) is 0.619. The van der Waals surface area contributed by atoms with E-state index in [4.69, 9.17) is 25.2 Å². The summed E-state index contributed by atoms with van der Waals surface area (Å²) in [6, 6.07) is 10.4. The van der Waals surface area contributed by atoms with Crippen molar-refractivity contribution >= 4 is 46.0 Å². The molecule has 4 heterocycles. The number of aromatic nitrogens is 2. The molecule has 0 aliphatic carbocycles. The van der Waals surface area contributed by atoms with E-state index in [0.717, 1.165) is 5.56 Å². The first-order chi connectivity index (χ1) is 18.8. The van der Waals surface area contributed by atoms with Gasteiger partial charge in [-0.05, 0) is 56.7 Å². The minimum Gasteiger partial charge on any atom is -0.483 e. The van der Waals surface area contributed by atoms with Crippen LogP contribution in [0, 0.1) is 13.8 Å². The number of ether oxygens (including phenoxy) is 1. The number of nitrogens with one attached hydrogen (secondary N) is 1. The van der Waals surface area contributed by atoms with Gasteiger partial charge in [-0.1, -0.05) is 11.6 Å². The number of hydrogen-bond donors (Lipinski definition) is 1. The van der Waals surface area contributed by atoms with Crippen molar-refractivity contribution < 1.29 is 23.2 Å². The van der Waals surface area contributed by atoms with E-state index in [1.807, 2.05) is 19.9 Å². The Bertz CT molecular complexity index is 1810. The lowest BCUT2D eigenvalue weighted by Crippen LogP contribution is -2.26. The molecule has 1 atom stereocenters. The molecule has 0 aliphatic heterocycles. The number of nitrogens with zero attached hydrogens (tertiary/aromatic N) is 3. The van der Waals surface area contributed by atoms with Crippen molar-refractivity contribution in [2.45, 2.75) is 26.9 Å². The maximum Gasteiger partial charge on any atom is 0.320 e. The van der Waals surface area contributed by atoms with Crippen LogP contribution in [0.3, 0.4) is 0 Å². The summed E-state index contributed by atoms with van der Waals surface area (Å²) in [5.74, 6) is 0.831. The van der Waals surface area contributed by atoms with Crippen LogP contribution < -0.4 is 15.6 Å². The quantitative estimate of drug-likeness (QED) is 0.0929. The van der Waals surface area contributed by atoms with Crippen LogP contribution in [0.5, 0.6) is 5.75 Å². The minimum atomic E-state index is -0.608. The van der Waals surface area contributed by atoms with Crippen LogP contribution in [0.1, 0.15) is 35.4 Å². The number of furan rings is 1. The van der Waals surface area contributed by atoms with Crippen molar-refractivity contribution in [2.75, 3.05) is 7.05 Å². The zero-order valence-corrected chi connectivity index (χ0v) is 22.2. The van der Waals surface area contributed by atoms with Crippen molar-refractivity contribution in [1.82, 2.24) is 15.4 Å². The number of hydrogen-bond acceptors (Lipinski definition) is 9. The molecule has 0 radical (unpaired) electrons. The van der Waals surface area contributed by atoms with Crippen LogP contribution in [-0.2, 0) is 9.63 Å². The molecule has 0 saturated heterocycles. The number of benzene rings is 1. The van der Waals surface area contributed by atoms with Gasteiger partial charge in [-0.25, -0.2) is 4.98 Å². The van der Waals surface area contributed by atoms with Crippen molar-refractivity contribution in [2.24, 2.45) is 4.99 Å². The van der Waals surface area contributed by atoms with Crippen molar-refractivity contribution in [3.63, 3.8) is 0 Å². The number of carbonyl (C=O) groups excluding carboxylic acids is 1. The molecule has 0 spiro atoms. The number of amidine groups is 1. The van der Waals surface area contributed by atoms with Gasteiger partial charge in [0.1, 0.15) is 33.9 Å². The molecule has 1 aromatic carbocycles. The number of pyridine rings is 2. The first-order valence-electron chi connectivity index (χ1n) is 11.9. The van der Waals surface area contributed by atoms with Gasteiger partial charge in [-0.2, -0.15) is 5.48 Å². The fourth-order valence-electron chi connectivity index (χ4n) is 4.34. The molecule has 0 aliphatic rings. The second kappa shape index (κ2) is 10.6. The zero-order chi connectivity index (χ0) is 27.7. The first kappa shape index (κ1) is 25.9. The summed E-state index contributed by atoms with van der Waals surface area (Å²) in [6.45, 7) is 5.66. The van der Waals surface area contributed by atoms with Crippen LogP contribution in [0.2, 0.25) is 5.15 Å². The predicted molar refractivity (Wildman–Crippen MR) is 146 cm³/mol. The van der Waals surface area contributed by atoms with Crippen LogP contribution in [0.15, 0.2) is 67.5 Å². The van der Waals surface area contributed by atoms with E-state index >= 15 is 0 Å². The Morgan fingerprint density at radius 1 is 1.21 bits per heavy atom. The van der Waals surface area contributed by atoms with Crippen LogP contribution >= 0.6 is 11.6 Å². The molecule has 1 N–H and O–H groups in total. The molecular formula is C28H23ClN4O6. The molecule has 5 aromatic rings. The number of fused-ring (bicyclic) bond motifs is 2. The average Bonchev–Trinajstić information content (AvgIpc) is 3.40. The molecule has 5 rings (SSSR count). The molecule has 4 aromatic heterocycles. The molecule has 198 valence electrons.